The number of carboxylic acid groups (broad SMARTS) is 1. The maximum absolute atomic E-state index is 12.1. The van der Waals surface area contributed by atoms with Crippen molar-refractivity contribution in [1.82, 2.24) is 5.32 Å². The molecule has 0 saturated carbocycles. The van der Waals surface area contributed by atoms with Crippen LogP contribution >= 0.6 is 0 Å². The van der Waals surface area contributed by atoms with Gasteiger partial charge in [-0.05, 0) is 43.7 Å². The Bertz CT molecular complexity index is 628. The van der Waals surface area contributed by atoms with Gasteiger partial charge < -0.3 is 19.9 Å². The maximum atomic E-state index is 12.1. The number of benzene rings is 1. The van der Waals surface area contributed by atoms with Gasteiger partial charge in [-0.25, -0.2) is 0 Å². The average Bonchev–Trinajstić information content (AvgIpc) is 2.60. The zero-order valence-corrected chi connectivity index (χ0v) is 15.1. The van der Waals surface area contributed by atoms with Gasteiger partial charge in [-0.15, -0.1) is 0 Å². The number of amides is 1. The molecule has 1 aliphatic carbocycles. The third kappa shape index (κ3) is 4.87. The highest BCUT2D eigenvalue weighted by atomic mass is 16.5. The molecule has 25 heavy (non-hydrogen) atoms. The van der Waals surface area contributed by atoms with E-state index in [4.69, 9.17) is 14.6 Å². The number of fused-ring (bicyclic) bond motifs is 1. The van der Waals surface area contributed by atoms with E-state index in [0.29, 0.717) is 19.3 Å². The van der Waals surface area contributed by atoms with Crippen molar-refractivity contribution in [2.45, 2.75) is 51.5 Å². The topological polar surface area (TPSA) is 84.9 Å². The van der Waals surface area contributed by atoms with Crippen molar-refractivity contribution in [2.24, 2.45) is 5.92 Å². The average molecular weight is 349 g/mol. The van der Waals surface area contributed by atoms with E-state index in [0.717, 1.165) is 36.3 Å². The fourth-order valence-electron chi connectivity index (χ4n) is 3.30. The smallest absolute Gasteiger partial charge is 0.306 e. The number of nitrogens with one attached hydrogen (secondary N) is 1. The Kier molecular flexibility index (Phi) is 6.67. The summed E-state index contributed by atoms with van der Waals surface area (Å²) in [5.74, 6) is 0.292. The molecule has 0 radical (unpaired) electrons. The molecule has 2 rings (SSSR count). The molecule has 0 spiro atoms. The number of methoxy groups -OCH3 is 2. The van der Waals surface area contributed by atoms with Gasteiger partial charge in [-0.3, -0.25) is 9.59 Å². The summed E-state index contributed by atoms with van der Waals surface area (Å²) < 4.78 is 10.8. The molecule has 6 heteroatoms. The molecule has 1 aromatic carbocycles. The van der Waals surface area contributed by atoms with Gasteiger partial charge in [0.25, 0.3) is 0 Å². The third-order valence-corrected chi connectivity index (χ3v) is 4.78. The van der Waals surface area contributed by atoms with Gasteiger partial charge in [-0.1, -0.05) is 13.0 Å². The summed E-state index contributed by atoms with van der Waals surface area (Å²) in [7, 11) is 3.27. The van der Waals surface area contributed by atoms with Crippen LogP contribution in [-0.4, -0.2) is 37.2 Å². The molecule has 1 amide bonds. The van der Waals surface area contributed by atoms with E-state index in [-0.39, 0.29) is 11.9 Å². The first-order valence-electron chi connectivity index (χ1n) is 8.71. The zero-order valence-electron chi connectivity index (χ0n) is 15.1. The Hall–Kier alpha value is -2.24. The number of hydrogen-bond donors (Lipinski definition) is 2. The lowest BCUT2D eigenvalue weighted by molar-refractivity contribution is -0.141. The molecule has 1 aliphatic rings. The van der Waals surface area contributed by atoms with Crippen LogP contribution in [0.25, 0.3) is 0 Å². The van der Waals surface area contributed by atoms with Crippen LogP contribution in [0.4, 0.5) is 0 Å². The Balaban J connectivity index is 1.88. The summed E-state index contributed by atoms with van der Waals surface area (Å²) in [4.78, 5) is 22.9. The second kappa shape index (κ2) is 8.74. The number of ether oxygens (including phenoxy) is 2. The summed E-state index contributed by atoms with van der Waals surface area (Å²) in [6, 6.07) is 4.04. The van der Waals surface area contributed by atoms with Gasteiger partial charge in [0.05, 0.1) is 20.1 Å². The highest BCUT2D eigenvalue weighted by molar-refractivity contribution is 5.76. The molecule has 6 nitrogen and oxygen atoms in total. The second-order valence-corrected chi connectivity index (χ2v) is 6.58. The van der Waals surface area contributed by atoms with Crippen molar-refractivity contribution in [3.8, 4) is 11.5 Å². The Labute approximate surface area is 148 Å². The number of aliphatic carboxylic acids is 1. The first-order valence-corrected chi connectivity index (χ1v) is 8.71. The van der Waals surface area contributed by atoms with E-state index in [9.17, 15) is 9.59 Å². The summed E-state index contributed by atoms with van der Waals surface area (Å²) in [6.07, 6.45) is 3.94. The van der Waals surface area contributed by atoms with E-state index < -0.39 is 11.9 Å². The van der Waals surface area contributed by atoms with Crippen LogP contribution in [0.2, 0.25) is 0 Å². The normalized spacial score (nSPS) is 17.3. The maximum Gasteiger partial charge on any atom is 0.306 e. The summed E-state index contributed by atoms with van der Waals surface area (Å²) in [5, 5.41) is 11.9. The predicted molar refractivity (Wildman–Crippen MR) is 94.2 cm³/mol. The second-order valence-electron chi connectivity index (χ2n) is 6.58. The standard InChI is InChI=1S/C19H27NO5/c1-12(19(22)23)5-4-6-17(21)20-14-8-9-15-13(11-14)7-10-16(24-2)18(15)25-3/h7,10,12,14H,4-6,8-9,11H2,1-3H3,(H,20,21)(H,22,23)/t12?,14-/m0/s1. The van der Waals surface area contributed by atoms with Crippen LogP contribution in [0.15, 0.2) is 12.1 Å². The van der Waals surface area contributed by atoms with Crippen molar-refractivity contribution in [2.75, 3.05) is 14.2 Å². The van der Waals surface area contributed by atoms with Gasteiger partial charge >= 0.3 is 5.97 Å². The van der Waals surface area contributed by atoms with Gasteiger partial charge in [0.2, 0.25) is 5.91 Å². The minimum atomic E-state index is -0.811. The van der Waals surface area contributed by atoms with Crippen LogP contribution in [0.5, 0.6) is 11.5 Å². The number of carboxylic acids is 1. The van der Waals surface area contributed by atoms with Crippen molar-refractivity contribution >= 4 is 11.9 Å². The molecule has 0 bridgehead atoms. The SMILES string of the molecule is COc1ccc2c(c1OC)CC[C@H](NC(=O)CCCC(C)C(=O)O)C2. The zero-order chi connectivity index (χ0) is 18.4. The molecule has 0 heterocycles. The lowest BCUT2D eigenvalue weighted by atomic mass is 9.87. The molecular formula is C19H27NO5. The van der Waals surface area contributed by atoms with E-state index in [1.54, 1.807) is 21.1 Å². The molecule has 0 aromatic heterocycles. The third-order valence-electron chi connectivity index (χ3n) is 4.78. The van der Waals surface area contributed by atoms with Gasteiger partial charge in [0, 0.05) is 18.0 Å². The molecule has 0 aliphatic heterocycles. The van der Waals surface area contributed by atoms with Crippen molar-refractivity contribution < 1.29 is 24.2 Å². The fourth-order valence-corrected chi connectivity index (χ4v) is 3.30. The Morgan fingerprint density at radius 2 is 2.08 bits per heavy atom. The predicted octanol–water partition coefficient (Wildman–Crippen LogP) is 2.57. The lowest BCUT2D eigenvalue weighted by Crippen LogP contribution is -2.38. The van der Waals surface area contributed by atoms with Crippen LogP contribution in [0, 0.1) is 5.92 Å². The van der Waals surface area contributed by atoms with Crippen molar-refractivity contribution in [3.05, 3.63) is 23.3 Å². The fraction of sp³-hybridized carbons (Fsp3) is 0.579. The van der Waals surface area contributed by atoms with Crippen LogP contribution < -0.4 is 14.8 Å². The minimum Gasteiger partial charge on any atom is -0.493 e. The Morgan fingerprint density at radius 3 is 2.72 bits per heavy atom. The molecule has 0 fully saturated rings. The van der Waals surface area contributed by atoms with Crippen molar-refractivity contribution in [1.29, 1.82) is 0 Å². The monoisotopic (exact) mass is 349 g/mol. The largest absolute Gasteiger partial charge is 0.493 e. The number of rotatable bonds is 8. The van der Waals surface area contributed by atoms with Crippen LogP contribution in [-0.2, 0) is 22.4 Å². The lowest BCUT2D eigenvalue weighted by Gasteiger charge is -2.27. The summed E-state index contributed by atoms with van der Waals surface area (Å²) in [6.45, 7) is 1.67. The van der Waals surface area contributed by atoms with E-state index >= 15 is 0 Å². The number of hydrogen-bond acceptors (Lipinski definition) is 4. The first kappa shape index (κ1) is 19.1. The van der Waals surface area contributed by atoms with E-state index in [1.165, 1.54) is 5.56 Å². The van der Waals surface area contributed by atoms with Gasteiger partial charge in [0.1, 0.15) is 0 Å². The molecule has 1 unspecified atom stereocenters. The number of carbonyl (C=O) groups is 2. The molecule has 2 N–H and O–H groups in total. The van der Waals surface area contributed by atoms with E-state index in [2.05, 4.69) is 5.32 Å². The molecule has 2 atom stereocenters. The van der Waals surface area contributed by atoms with E-state index in [1.807, 2.05) is 12.1 Å². The Morgan fingerprint density at radius 1 is 1.32 bits per heavy atom. The van der Waals surface area contributed by atoms with Crippen molar-refractivity contribution in [3.63, 3.8) is 0 Å². The van der Waals surface area contributed by atoms with Gasteiger partial charge in [0.15, 0.2) is 11.5 Å². The quantitative estimate of drug-likeness (QED) is 0.753. The first-order chi connectivity index (χ1) is 12.0. The molecule has 138 valence electrons. The van der Waals surface area contributed by atoms with Crippen LogP contribution in [0.1, 0.15) is 43.7 Å². The van der Waals surface area contributed by atoms with Crippen LogP contribution in [0.3, 0.4) is 0 Å². The summed E-state index contributed by atoms with van der Waals surface area (Å²) in [5.41, 5.74) is 2.33. The molecule has 0 saturated heterocycles. The molecular weight excluding hydrogens is 322 g/mol. The highest BCUT2D eigenvalue weighted by Gasteiger charge is 2.24. The molecule has 1 aromatic rings. The highest BCUT2D eigenvalue weighted by Crippen LogP contribution is 2.37. The number of carbonyl (C=O) groups excluding carboxylic acids is 1. The minimum absolute atomic E-state index is 0.00786. The van der Waals surface area contributed by atoms with Gasteiger partial charge in [-0.2, -0.15) is 0 Å². The summed E-state index contributed by atoms with van der Waals surface area (Å²) >= 11 is 0.